The molecule has 0 unspecified atom stereocenters. The van der Waals surface area contributed by atoms with E-state index < -0.39 is 5.97 Å². The van der Waals surface area contributed by atoms with Crippen LogP contribution >= 0.6 is 15.9 Å². The summed E-state index contributed by atoms with van der Waals surface area (Å²) in [5.41, 5.74) is 1.41. The molecule has 0 amide bonds. The van der Waals surface area contributed by atoms with Gasteiger partial charge >= 0.3 is 5.97 Å². The highest BCUT2D eigenvalue weighted by Crippen LogP contribution is 2.27. The number of benzene rings is 2. The predicted molar refractivity (Wildman–Crippen MR) is 77.0 cm³/mol. The number of carboxylic acid groups (broad SMARTS) is 1. The van der Waals surface area contributed by atoms with Gasteiger partial charge in [0.2, 0.25) is 0 Å². The fourth-order valence-corrected chi connectivity index (χ4v) is 2.23. The van der Waals surface area contributed by atoms with Crippen LogP contribution in [0, 0.1) is 0 Å². The Morgan fingerprint density at radius 1 is 1.21 bits per heavy atom. The van der Waals surface area contributed by atoms with E-state index in [-0.39, 0.29) is 5.56 Å². The second-order valence-electron chi connectivity index (χ2n) is 4.05. The summed E-state index contributed by atoms with van der Waals surface area (Å²) in [4.78, 5) is 10.9. The van der Waals surface area contributed by atoms with Crippen LogP contribution in [0.5, 0.6) is 11.5 Å². The lowest BCUT2D eigenvalue weighted by Crippen LogP contribution is -1.97. The van der Waals surface area contributed by atoms with Crippen molar-refractivity contribution < 1.29 is 14.6 Å². The summed E-state index contributed by atoms with van der Waals surface area (Å²) in [6.07, 6.45) is 0.943. The maximum Gasteiger partial charge on any atom is 0.336 e. The highest BCUT2D eigenvalue weighted by atomic mass is 79.9. The molecular weight excluding hydrogens is 308 g/mol. The number of rotatable bonds is 4. The third-order valence-corrected chi connectivity index (χ3v) is 3.37. The number of carbonyl (C=O) groups is 1. The maximum atomic E-state index is 10.9. The first-order valence-corrected chi connectivity index (χ1v) is 6.69. The van der Waals surface area contributed by atoms with Gasteiger partial charge in [-0.05, 0) is 58.2 Å². The van der Waals surface area contributed by atoms with E-state index >= 15 is 0 Å². The molecule has 0 aromatic heterocycles. The monoisotopic (exact) mass is 320 g/mol. The minimum absolute atomic E-state index is 0.217. The van der Waals surface area contributed by atoms with Crippen molar-refractivity contribution in [2.75, 3.05) is 0 Å². The molecule has 3 nitrogen and oxygen atoms in total. The van der Waals surface area contributed by atoms with Crippen LogP contribution in [0.1, 0.15) is 22.8 Å². The molecular formula is C15H13BrO3. The fourth-order valence-electron chi connectivity index (χ4n) is 1.70. The molecule has 2 aromatic rings. The second kappa shape index (κ2) is 5.89. The standard InChI is InChI=1S/C15H13BrO3/c1-2-10-4-3-5-11(8-10)19-12-6-7-13(15(17)18)14(16)9-12/h3-9H,2H2,1H3,(H,17,18). The minimum Gasteiger partial charge on any atom is -0.478 e. The van der Waals surface area contributed by atoms with Crippen molar-refractivity contribution in [3.05, 3.63) is 58.1 Å². The molecule has 2 aromatic carbocycles. The van der Waals surface area contributed by atoms with Crippen LogP contribution < -0.4 is 4.74 Å². The van der Waals surface area contributed by atoms with Crippen molar-refractivity contribution in [1.29, 1.82) is 0 Å². The average Bonchev–Trinajstić information content (AvgIpc) is 2.38. The third-order valence-electron chi connectivity index (χ3n) is 2.71. The number of carboxylic acids is 1. The summed E-state index contributed by atoms with van der Waals surface area (Å²) in [5, 5.41) is 8.94. The Balaban J connectivity index is 2.23. The van der Waals surface area contributed by atoms with E-state index in [0.29, 0.717) is 10.2 Å². The lowest BCUT2D eigenvalue weighted by Gasteiger charge is -2.08. The zero-order valence-electron chi connectivity index (χ0n) is 10.4. The Labute approximate surface area is 120 Å². The highest BCUT2D eigenvalue weighted by Gasteiger charge is 2.09. The molecule has 0 aliphatic heterocycles. The van der Waals surface area contributed by atoms with Crippen molar-refractivity contribution in [1.82, 2.24) is 0 Å². The fraction of sp³-hybridized carbons (Fsp3) is 0.133. The highest BCUT2D eigenvalue weighted by molar-refractivity contribution is 9.10. The molecule has 0 spiro atoms. The van der Waals surface area contributed by atoms with Gasteiger partial charge in [0.1, 0.15) is 11.5 Å². The summed E-state index contributed by atoms with van der Waals surface area (Å²) < 4.78 is 6.22. The summed E-state index contributed by atoms with van der Waals surface area (Å²) in [6, 6.07) is 12.6. The van der Waals surface area contributed by atoms with E-state index in [1.807, 2.05) is 24.3 Å². The normalized spacial score (nSPS) is 10.2. The molecule has 0 saturated heterocycles. The number of ether oxygens (including phenoxy) is 1. The first-order chi connectivity index (χ1) is 9.10. The Hall–Kier alpha value is -1.81. The van der Waals surface area contributed by atoms with Crippen molar-refractivity contribution in [3.8, 4) is 11.5 Å². The van der Waals surface area contributed by atoms with E-state index in [9.17, 15) is 4.79 Å². The molecule has 0 radical (unpaired) electrons. The molecule has 0 bridgehead atoms. The SMILES string of the molecule is CCc1cccc(Oc2ccc(C(=O)O)c(Br)c2)c1. The molecule has 98 valence electrons. The summed E-state index contributed by atoms with van der Waals surface area (Å²) >= 11 is 3.23. The Bertz CT molecular complexity index is 608. The van der Waals surface area contributed by atoms with Crippen LogP contribution in [0.4, 0.5) is 0 Å². The number of aromatic carboxylic acids is 1. The van der Waals surface area contributed by atoms with E-state index in [1.165, 1.54) is 11.6 Å². The first kappa shape index (κ1) is 13.6. The average molecular weight is 321 g/mol. The molecule has 2 rings (SSSR count). The number of halogens is 1. The Kier molecular flexibility index (Phi) is 4.22. The maximum absolute atomic E-state index is 10.9. The molecule has 0 aliphatic rings. The van der Waals surface area contributed by atoms with E-state index in [0.717, 1.165) is 12.2 Å². The molecule has 0 heterocycles. The minimum atomic E-state index is -0.966. The van der Waals surface area contributed by atoms with E-state index in [2.05, 4.69) is 22.9 Å². The molecule has 0 atom stereocenters. The van der Waals surface area contributed by atoms with Crippen molar-refractivity contribution >= 4 is 21.9 Å². The quantitative estimate of drug-likeness (QED) is 0.902. The smallest absolute Gasteiger partial charge is 0.336 e. The van der Waals surface area contributed by atoms with Gasteiger partial charge in [-0.2, -0.15) is 0 Å². The van der Waals surface area contributed by atoms with Gasteiger partial charge in [0, 0.05) is 4.47 Å². The summed E-state index contributed by atoms with van der Waals surface area (Å²) in [5.74, 6) is 0.380. The van der Waals surface area contributed by atoms with Crippen LogP contribution in [-0.4, -0.2) is 11.1 Å². The molecule has 0 aliphatic carbocycles. The molecule has 0 fully saturated rings. The Morgan fingerprint density at radius 2 is 1.95 bits per heavy atom. The molecule has 4 heteroatoms. The van der Waals surface area contributed by atoms with Crippen molar-refractivity contribution in [3.63, 3.8) is 0 Å². The first-order valence-electron chi connectivity index (χ1n) is 5.90. The van der Waals surface area contributed by atoms with Crippen molar-refractivity contribution in [2.45, 2.75) is 13.3 Å². The van der Waals surface area contributed by atoms with Crippen LogP contribution in [0.25, 0.3) is 0 Å². The van der Waals surface area contributed by atoms with Gasteiger partial charge in [-0.25, -0.2) is 4.79 Å². The largest absolute Gasteiger partial charge is 0.478 e. The molecule has 1 N–H and O–H groups in total. The lowest BCUT2D eigenvalue weighted by molar-refractivity contribution is 0.0696. The second-order valence-corrected chi connectivity index (χ2v) is 4.90. The third kappa shape index (κ3) is 3.35. The van der Waals surface area contributed by atoms with Crippen molar-refractivity contribution in [2.24, 2.45) is 0 Å². The molecule has 19 heavy (non-hydrogen) atoms. The van der Waals surface area contributed by atoms with Crippen LogP contribution in [0.3, 0.4) is 0 Å². The zero-order valence-corrected chi connectivity index (χ0v) is 12.0. The van der Waals surface area contributed by atoms with Crippen LogP contribution in [0.2, 0.25) is 0 Å². The number of hydrogen-bond donors (Lipinski definition) is 1. The van der Waals surface area contributed by atoms with E-state index in [1.54, 1.807) is 12.1 Å². The Morgan fingerprint density at radius 3 is 2.58 bits per heavy atom. The summed E-state index contributed by atoms with van der Waals surface area (Å²) in [7, 11) is 0. The number of hydrogen-bond acceptors (Lipinski definition) is 2. The number of aryl methyl sites for hydroxylation is 1. The molecule has 0 saturated carbocycles. The van der Waals surface area contributed by atoms with Gasteiger partial charge in [0.15, 0.2) is 0 Å². The van der Waals surface area contributed by atoms with Gasteiger partial charge < -0.3 is 9.84 Å². The zero-order chi connectivity index (χ0) is 13.8. The van der Waals surface area contributed by atoms with Gasteiger partial charge in [0.05, 0.1) is 5.56 Å². The summed E-state index contributed by atoms with van der Waals surface area (Å²) in [6.45, 7) is 2.08. The predicted octanol–water partition coefficient (Wildman–Crippen LogP) is 4.50. The van der Waals surface area contributed by atoms with Gasteiger partial charge in [-0.15, -0.1) is 0 Å². The van der Waals surface area contributed by atoms with Gasteiger partial charge in [0.25, 0.3) is 0 Å². The van der Waals surface area contributed by atoms with Crippen LogP contribution in [-0.2, 0) is 6.42 Å². The topological polar surface area (TPSA) is 46.5 Å². The van der Waals surface area contributed by atoms with Gasteiger partial charge in [-0.1, -0.05) is 19.1 Å². The van der Waals surface area contributed by atoms with E-state index in [4.69, 9.17) is 9.84 Å². The lowest BCUT2D eigenvalue weighted by atomic mass is 10.1. The van der Waals surface area contributed by atoms with Gasteiger partial charge in [-0.3, -0.25) is 0 Å². The van der Waals surface area contributed by atoms with Crippen LogP contribution in [0.15, 0.2) is 46.9 Å².